The Kier molecular flexibility index (Phi) is 5.18. The zero-order valence-corrected chi connectivity index (χ0v) is 10.7. The van der Waals surface area contributed by atoms with Crippen LogP contribution in [0.5, 0.6) is 0 Å². The first-order valence-electron chi connectivity index (χ1n) is 5.25. The molecule has 0 spiro atoms. The second-order valence-electron chi connectivity index (χ2n) is 3.36. The lowest BCUT2D eigenvalue weighted by molar-refractivity contribution is 0.687. The normalized spacial score (nSPS) is 12.2. The number of nitrogens with zero attached hydrogens (tertiary/aromatic N) is 2. The molecular weight excluding hydrogens is 224 g/mol. The topological polar surface area (TPSA) is 66.9 Å². The van der Waals surface area contributed by atoms with E-state index in [9.17, 15) is 4.21 Å². The van der Waals surface area contributed by atoms with Crippen LogP contribution in [0.2, 0.25) is 0 Å². The molecule has 0 amide bonds. The molecule has 0 aliphatic carbocycles. The van der Waals surface area contributed by atoms with Gasteiger partial charge in [-0.15, -0.1) is 0 Å². The molecule has 0 bridgehead atoms. The lowest BCUT2D eigenvalue weighted by Gasteiger charge is -2.08. The van der Waals surface area contributed by atoms with Crippen LogP contribution in [0.1, 0.15) is 12.7 Å². The molecule has 6 heteroatoms. The summed E-state index contributed by atoms with van der Waals surface area (Å²) in [7, 11) is 1.05. The molecule has 5 nitrogen and oxygen atoms in total. The maximum absolute atomic E-state index is 10.9. The smallest absolute Gasteiger partial charge is 0.132 e. The van der Waals surface area contributed by atoms with Gasteiger partial charge in [0.25, 0.3) is 0 Å². The van der Waals surface area contributed by atoms with Gasteiger partial charge in [0, 0.05) is 48.9 Å². The van der Waals surface area contributed by atoms with Crippen LogP contribution in [-0.4, -0.2) is 39.8 Å². The van der Waals surface area contributed by atoms with E-state index >= 15 is 0 Å². The van der Waals surface area contributed by atoms with Crippen LogP contribution in [0, 0.1) is 0 Å². The van der Waals surface area contributed by atoms with E-state index in [0.717, 1.165) is 23.9 Å². The number of rotatable bonds is 6. The van der Waals surface area contributed by atoms with Crippen LogP contribution < -0.4 is 10.6 Å². The Morgan fingerprint density at radius 1 is 1.38 bits per heavy atom. The van der Waals surface area contributed by atoms with Gasteiger partial charge >= 0.3 is 0 Å². The third-order valence-corrected chi connectivity index (χ3v) is 2.82. The molecule has 1 atom stereocenters. The highest BCUT2D eigenvalue weighted by atomic mass is 32.2. The van der Waals surface area contributed by atoms with E-state index in [1.54, 1.807) is 6.26 Å². The first-order valence-corrected chi connectivity index (χ1v) is 6.98. The molecule has 1 aromatic heterocycles. The van der Waals surface area contributed by atoms with Crippen LogP contribution in [0.4, 0.5) is 11.6 Å². The zero-order valence-electron chi connectivity index (χ0n) is 9.91. The number of hydrogen-bond acceptors (Lipinski definition) is 5. The second-order valence-corrected chi connectivity index (χ2v) is 4.92. The van der Waals surface area contributed by atoms with Crippen molar-refractivity contribution in [1.82, 2.24) is 9.97 Å². The predicted molar refractivity (Wildman–Crippen MR) is 68.4 cm³/mol. The number of nitrogens with one attached hydrogen (secondary N) is 2. The maximum atomic E-state index is 10.9. The molecule has 90 valence electrons. The Balaban J connectivity index is 2.67. The van der Waals surface area contributed by atoms with Gasteiger partial charge in [-0.1, -0.05) is 6.92 Å². The van der Waals surface area contributed by atoms with Gasteiger partial charge in [-0.25, -0.2) is 9.97 Å². The minimum absolute atomic E-state index is 0.625. The fourth-order valence-electron chi connectivity index (χ4n) is 1.20. The Hall–Kier alpha value is -1.17. The van der Waals surface area contributed by atoms with Crippen LogP contribution in [0.25, 0.3) is 0 Å². The fourth-order valence-corrected chi connectivity index (χ4v) is 1.59. The van der Waals surface area contributed by atoms with Gasteiger partial charge in [0.15, 0.2) is 0 Å². The van der Waals surface area contributed by atoms with Gasteiger partial charge in [-0.3, -0.25) is 4.21 Å². The summed E-state index contributed by atoms with van der Waals surface area (Å²) in [6.07, 6.45) is 2.49. The van der Waals surface area contributed by atoms with Gasteiger partial charge in [0.1, 0.15) is 17.5 Å². The first-order chi connectivity index (χ1) is 7.65. The molecule has 0 aliphatic rings. The van der Waals surface area contributed by atoms with E-state index in [0.29, 0.717) is 12.3 Å². The molecule has 0 aromatic carbocycles. The van der Waals surface area contributed by atoms with E-state index in [-0.39, 0.29) is 0 Å². The van der Waals surface area contributed by atoms with Crippen molar-refractivity contribution in [2.45, 2.75) is 13.3 Å². The molecule has 2 N–H and O–H groups in total. The van der Waals surface area contributed by atoms with Crippen molar-refractivity contribution in [2.24, 2.45) is 0 Å². The minimum atomic E-state index is -0.775. The van der Waals surface area contributed by atoms with Gasteiger partial charge in [-0.05, 0) is 0 Å². The van der Waals surface area contributed by atoms with Gasteiger partial charge in [-0.2, -0.15) is 0 Å². The molecule has 0 saturated heterocycles. The number of aryl methyl sites for hydroxylation is 1. The zero-order chi connectivity index (χ0) is 12.0. The van der Waals surface area contributed by atoms with E-state index < -0.39 is 10.8 Å². The van der Waals surface area contributed by atoms with Crippen molar-refractivity contribution in [1.29, 1.82) is 0 Å². The Bertz CT molecular complexity index is 348. The van der Waals surface area contributed by atoms with Crippen molar-refractivity contribution in [2.75, 3.05) is 36.2 Å². The number of hydrogen-bond donors (Lipinski definition) is 2. The van der Waals surface area contributed by atoms with Gasteiger partial charge in [0.2, 0.25) is 0 Å². The van der Waals surface area contributed by atoms with Crippen LogP contribution in [-0.2, 0) is 17.2 Å². The lowest BCUT2D eigenvalue weighted by Crippen LogP contribution is -2.12. The molecule has 1 heterocycles. The highest BCUT2D eigenvalue weighted by Crippen LogP contribution is 2.10. The average molecular weight is 242 g/mol. The summed E-state index contributed by atoms with van der Waals surface area (Å²) in [6, 6.07) is 1.84. The van der Waals surface area contributed by atoms with E-state index in [1.807, 2.05) is 20.0 Å². The summed E-state index contributed by atoms with van der Waals surface area (Å²) in [5, 5.41) is 6.13. The second kappa shape index (κ2) is 6.42. The molecule has 1 rings (SSSR count). The number of anilines is 2. The lowest BCUT2D eigenvalue weighted by atomic mass is 10.4. The summed E-state index contributed by atoms with van der Waals surface area (Å²) < 4.78 is 10.9. The molecule has 1 aromatic rings. The molecule has 16 heavy (non-hydrogen) atoms. The fraction of sp³-hybridized carbons (Fsp3) is 0.600. The first kappa shape index (κ1) is 12.9. The molecule has 0 radical (unpaired) electrons. The predicted octanol–water partition coefficient (Wildman–Crippen LogP) is 0.871. The Morgan fingerprint density at radius 3 is 2.62 bits per heavy atom. The minimum Gasteiger partial charge on any atom is -0.373 e. The Morgan fingerprint density at radius 2 is 2.06 bits per heavy atom. The van der Waals surface area contributed by atoms with Crippen molar-refractivity contribution in [3.8, 4) is 0 Å². The quantitative estimate of drug-likeness (QED) is 0.775. The van der Waals surface area contributed by atoms with Crippen molar-refractivity contribution in [3.63, 3.8) is 0 Å². The standard InChI is InChI=1S/C10H18N4OS/c1-4-8-13-9(11-2)7-10(14-8)12-5-6-16(3)15/h7H,4-6H2,1-3H3,(H2,11,12,13,14). The SMILES string of the molecule is CCc1nc(NC)cc(NCCS(C)=O)n1. The summed E-state index contributed by atoms with van der Waals surface area (Å²) in [5.41, 5.74) is 0. The largest absolute Gasteiger partial charge is 0.373 e. The summed E-state index contributed by atoms with van der Waals surface area (Å²) >= 11 is 0. The molecule has 0 fully saturated rings. The Labute approximate surface area is 98.5 Å². The van der Waals surface area contributed by atoms with Crippen LogP contribution >= 0.6 is 0 Å². The third-order valence-electron chi connectivity index (χ3n) is 2.04. The number of aromatic nitrogens is 2. The van der Waals surface area contributed by atoms with Crippen molar-refractivity contribution < 1.29 is 4.21 Å². The van der Waals surface area contributed by atoms with E-state index in [1.165, 1.54) is 0 Å². The van der Waals surface area contributed by atoms with E-state index in [4.69, 9.17) is 0 Å². The van der Waals surface area contributed by atoms with Crippen LogP contribution in [0.15, 0.2) is 6.07 Å². The molecular formula is C10H18N4OS. The average Bonchev–Trinajstić information content (AvgIpc) is 2.28. The summed E-state index contributed by atoms with van der Waals surface area (Å²) in [5.74, 6) is 3.00. The third kappa shape index (κ3) is 4.14. The maximum Gasteiger partial charge on any atom is 0.132 e. The van der Waals surface area contributed by atoms with Crippen molar-refractivity contribution >= 4 is 22.4 Å². The monoisotopic (exact) mass is 242 g/mol. The van der Waals surface area contributed by atoms with Crippen LogP contribution in [0.3, 0.4) is 0 Å². The summed E-state index contributed by atoms with van der Waals surface area (Å²) in [4.78, 5) is 8.63. The molecule has 0 saturated carbocycles. The van der Waals surface area contributed by atoms with Gasteiger partial charge in [0.05, 0.1) is 0 Å². The highest BCUT2D eigenvalue weighted by molar-refractivity contribution is 7.84. The molecule has 1 unspecified atom stereocenters. The highest BCUT2D eigenvalue weighted by Gasteiger charge is 2.02. The van der Waals surface area contributed by atoms with Crippen molar-refractivity contribution in [3.05, 3.63) is 11.9 Å². The van der Waals surface area contributed by atoms with E-state index in [2.05, 4.69) is 20.6 Å². The molecule has 0 aliphatic heterocycles. The van der Waals surface area contributed by atoms with Gasteiger partial charge < -0.3 is 10.6 Å². The summed E-state index contributed by atoms with van der Waals surface area (Å²) in [6.45, 7) is 2.67.